The van der Waals surface area contributed by atoms with Gasteiger partial charge in [-0.25, -0.2) is 0 Å². The molecule has 0 spiro atoms. The normalized spacial score (nSPS) is 11.9. The Bertz CT molecular complexity index is 846. The van der Waals surface area contributed by atoms with Crippen LogP contribution in [-0.4, -0.2) is 0 Å². The Morgan fingerprint density at radius 2 is 0.933 bits per heavy atom. The first-order chi connectivity index (χ1) is 14.7. The summed E-state index contributed by atoms with van der Waals surface area (Å²) in [6.07, 6.45) is 18.7. The number of aryl methyl sites for hydroxylation is 2. The number of unbranched alkanes of at least 4 members (excludes halogenated alkanes) is 10. The van der Waals surface area contributed by atoms with E-state index in [9.17, 15) is 0 Å². The van der Waals surface area contributed by atoms with Crippen LogP contribution in [0.5, 0.6) is 0 Å². The summed E-state index contributed by atoms with van der Waals surface area (Å²) >= 11 is 11.6. The summed E-state index contributed by atoms with van der Waals surface area (Å²) in [5.74, 6) is 0. The summed E-state index contributed by atoms with van der Waals surface area (Å²) in [6, 6.07) is 4.94. The lowest BCUT2D eigenvalue weighted by molar-refractivity contribution is 0.608. The third kappa shape index (κ3) is 6.56. The molecule has 2 aromatic heterocycles. The fraction of sp³-hybridized carbons (Fsp3) is 0.615. The minimum atomic E-state index is 1.20. The highest BCUT2D eigenvalue weighted by atomic mass is 79.9. The number of benzene rings is 1. The number of hydrogen-bond donors (Lipinski definition) is 0. The van der Waals surface area contributed by atoms with Crippen molar-refractivity contribution in [2.45, 2.75) is 104 Å². The third-order valence-electron chi connectivity index (χ3n) is 6.17. The van der Waals surface area contributed by atoms with Crippen molar-refractivity contribution in [3.05, 3.63) is 30.8 Å². The molecule has 0 atom stereocenters. The number of thiophene rings is 2. The van der Waals surface area contributed by atoms with E-state index in [-0.39, 0.29) is 0 Å². The van der Waals surface area contributed by atoms with Gasteiger partial charge in [0.05, 0.1) is 7.57 Å². The van der Waals surface area contributed by atoms with Gasteiger partial charge in [-0.05, 0) is 91.6 Å². The Kier molecular flexibility index (Phi) is 10.7. The second kappa shape index (κ2) is 13.0. The molecule has 0 saturated heterocycles. The van der Waals surface area contributed by atoms with Gasteiger partial charge in [-0.15, -0.1) is 22.7 Å². The van der Waals surface area contributed by atoms with E-state index in [1.54, 1.807) is 0 Å². The van der Waals surface area contributed by atoms with Crippen LogP contribution in [0.3, 0.4) is 0 Å². The molecule has 2 heterocycles. The first kappa shape index (κ1) is 24.7. The van der Waals surface area contributed by atoms with Gasteiger partial charge in [0.25, 0.3) is 0 Å². The molecule has 166 valence electrons. The summed E-state index contributed by atoms with van der Waals surface area (Å²) in [4.78, 5) is 0. The van der Waals surface area contributed by atoms with E-state index in [1.807, 2.05) is 22.7 Å². The maximum Gasteiger partial charge on any atom is 0.0743 e. The number of rotatable bonds is 14. The quantitative estimate of drug-likeness (QED) is 0.169. The predicted octanol–water partition coefficient (Wildman–Crippen LogP) is 11.4. The van der Waals surface area contributed by atoms with Gasteiger partial charge in [0.2, 0.25) is 0 Å². The van der Waals surface area contributed by atoms with Crippen LogP contribution in [0, 0.1) is 0 Å². The van der Waals surface area contributed by atoms with E-state index < -0.39 is 0 Å². The number of hydrogen-bond acceptors (Lipinski definition) is 2. The Morgan fingerprint density at radius 1 is 0.567 bits per heavy atom. The molecule has 3 aromatic rings. The summed E-state index contributed by atoms with van der Waals surface area (Å²) in [7, 11) is 0. The minimum Gasteiger partial charge on any atom is -0.128 e. The van der Waals surface area contributed by atoms with E-state index in [0.717, 1.165) is 0 Å². The number of fused-ring (bicyclic) bond motifs is 2. The molecule has 4 heteroatoms. The Hall–Kier alpha value is 0.1000. The highest BCUT2D eigenvalue weighted by molar-refractivity contribution is 9.11. The van der Waals surface area contributed by atoms with Crippen molar-refractivity contribution in [2.75, 3.05) is 0 Å². The van der Waals surface area contributed by atoms with Gasteiger partial charge in [0.15, 0.2) is 0 Å². The minimum absolute atomic E-state index is 1.20. The van der Waals surface area contributed by atoms with Crippen LogP contribution in [0.2, 0.25) is 0 Å². The van der Waals surface area contributed by atoms with Crippen molar-refractivity contribution >= 4 is 74.7 Å². The third-order valence-corrected chi connectivity index (χ3v) is 10.1. The van der Waals surface area contributed by atoms with Crippen LogP contribution in [0.4, 0.5) is 0 Å². The molecule has 3 rings (SSSR count). The zero-order valence-electron chi connectivity index (χ0n) is 18.6. The van der Waals surface area contributed by atoms with E-state index in [0.29, 0.717) is 0 Å². The average Bonchev–Trinajstić information content (AvgIpc) is 3.20. The van der Waals surface area contributed by atoms with Crippen molar-refractivity contribution < 1.29 is 0 Å². The largest absolute Gasteiger partial charge is 0.128 e. The van der Waals surface area contributed by atoms with Gasteiger partial charge in [-0.3, -0.25) is 0 Å². The van der Waals surface area contributed by atoms with E-state index >= 15 is 0 Å². The van der Waals surface area contributed by atoms with E-state index in [4.69, 9.17) is 0 Å². The molecule has 1 aromatic carbocycles. The first-order valence-electron chi connectivity index (χ1n) is 12.0. The molecule has 0 N–H and O–H groups in total. The summed E-state index contributed by atoms with van der Waals surface area (Å²) in [5, 5.41) is 2.96. The standard InChI is InChI=1S/C26H36Br2S2/c1-3-5-7-9-11-13-15-19-21-17-24-22(18-23(21)29-25(19)27)20(26(28)30-24)16-14-12-10-8-6-4-2/h17-18H,3-16H2,1-2H3. The van der Waals surface area contributed by atoms with Crippen LogP contribution < -0.4 is 0 Å². The van der Waals surface area contributed by atoms with Gasteiger partial charge in [0.1, 0.15) is 0 Å². The molecule has 0 fully saturated rings. The molecular formula is C26H36Br2S2. The molecule has 0 nitrogen and oxygen atoms in total. The maximum absolute atomic E-state index is 3.88. The van der Waals surface area contributed by atoms with E-state index in [2.05, 4.69) is 57.8 Å². The second-order valence-corrected chi connectivity index (χ2v) is 13.3. The highest BCUT2D eigenvalue weighted by Gasteiger charge is 2.16. The lowest BCUT2D eigenvalue weighted by Gasteiger charge is -2.04. The van der Waals surface area contributed by atoms with Gasteiger partial charge in [-0.1, -0.05) is 78.1 Å². The van der Waals surface area contributed by atoms with Gasteiger partial charge < -0.3 is 0 Å². The first-order valence-corrected chi connectivity index (χ1v) is 15.2. The molecule has 0 aliphatic heterocycles. The Balaban J connectivity index is 1.69. The van der Waals surface area contributed by atoms with E-state index in [1.165, 1.54) is 129 Å². The predicted molar refractivity (Wildman–Crippen MR) is 147 cm³/mol. The molecule has 0 saturated carbocycles. The monoisotopic (exact) mass is 570 g/mol. The molecule has 0 radical (unpaired) electrons. The molecule has 0 amide bonds. The zero-order valence-corrected chi connectivity index (χ0v) is 23.4. The van der Waals surface area contributed by atoms with Crippen LogP contribution in [0.25, 0.3) is 20.2 Å². The van der Waals surface area contributed by atoms with Crippen LogP contribution >= 0.6 is 54.5 Å². The fourth-order valence-corrected chi connectivity index (χ4v) is 8.22. The smallest absolute Gasteiger partial charge is 0.0743 e. The van der Waals surface area contributed by atoms with Crippen molar-refractivity contribution in [3.63, 3.8) is 0 Å². The van der Waals surface area contributed by atoms with Crippen molar-refractivity contribution in [1.82, 2.24) is 0 Å². The topological polar surface area (TPSA) is 0 Å². The SMILES string of the molecule is CCCCCCCCc1c(Br)sc2cc3c(CCCCCCCC)c(Br)sc3cc12. The Morgan fingerprint density at radius 3 is 1.33 bits per heavy atom. The summed E-state index contributed by atoms with van der Waals surface area (Å²) in [6.45, 7) is 4.58. The molecule has 0 aliphatic carbocycles. The number of halogens is 2. The lowest BCUT2D eigenvalue weighted by Crippen LogP contribution is -1.87. The maximum atomic E-state index is 3.88. The highest BCUT2D eigenvalue weighted by Crippen LogP contribution is 2.43. The average molecular weight is 573 g/mol. The fourth-order valence-electron chi connectivity index (χ4n) is 4.36. The molecule has 30 heavy (non-hydrogen) atoms. The van der Waals surface area contributed by atoms with Crippen LogP contribution in [0.1, 0.15) is 102 Å². The van der Waals surface area contributed by atoms with Gasteiger partial charge >= 0.3 is 0 Å². The zero-order chi connectivity index (χ0) is 21.3. The molecular weight excluding hydrogens is 536 g/mol. The molecule has 0 unspecified atom stereocenters. The lowest BCUT2D eigenvalue weighted by atomic mass is 10.0. The molecule has 0 bridgehead atoms. The van der Waals surface area contributed by atoms with Gasteiger partial charge in [-0.2, -0.15) is 0 Å². The Labute approximate surface area is 208 Å². The van der Waals surface area contributed by atoms with Crippen LogP contribution in [-0.2, 0) is 12.8 Å². The second-order valence-electron chi connectivity index (χ2n) is 8.59. The summed E-state index contributed by atoms with van der Waals surface area (Å²) in [5.41, 5.74) is 3.07. The van der Waals surface area contributed by atoms with Crippen molar-refractivity contribution in [2.24, 2.45) is 0 Å². The summed E-state index contributed by atoms with van der Waals surface area (Å²) < 4.78 is 5.59. The van der Waals surface area contributed by atoms with Gasteiger partial charge in [0, 0.05) is 9.40 Å². The van der Waals surface area contributed by atoms with Crippen LogP contribution in [0.15, 0.2) is 19.7 Å². The van der Waals surface area contributed by atoms with Crippen molar-refractivity contribution in [3.8, 4) is 0 Å². The molecule has 0 aliphatic rings. The van der Waals surface area contributed by atoms with Crippen molar-refractivity contribution in [1.29, 1.82) is 0 Å².